The van der Waals surface area contributed by atoms with Crippen LogP contribution in [0.25, 0.3) is 11.1 Å². The molecule has 0 bridgehead atoms. The molecule has 0 aliphatic rings. The van der Waals surface area contributed by atoms with Gasteiger partial charge in [-0.15, -0.1) is 11.8 Å². The van der Waals surface area contributed by atoms with E-state index in [9.17, 15) is 14.0 Å². The van der Waals surface area contributed by atoms with Crippen molar-refractivity contribution >= 4 is 28.8 Å². The minimum atomic E-state index is -0.657. The third-order valence-corrected chi connectivity index (χ3v) is 5.09. The van der Waals surface area contributed by atoms with Crippen molar-refractivity contribution < 1.29 is 13.6 Å². The summed E-state index contributed by atoms with van der Waals surface area (Å²) in [6.07, 6.45) is 0.765. The van der Waals surface area contributed by atoms with Gasteiger partial charge < -0.3 is 9.73 Å². The Hall–Kier alpha value is -2.54. The highest BCUT2D eigenvalue weighted by atomic mass is 32.2. The van der Waals surface area contributed by atoms with Crippen LogP contribution in [-0.2, 0) is 4.79 Å². The van der Waals surface area contributed by atoms with Crippen molar-refractivity contribution in [1.82, 2.24) is 9.88 Å². The standard InChI is InChI=1S/C19H19FN2O3S/c1-13(22-16-5-2-3-6-17(16)25-19(22)24)18(23)21-11-4-12-26-15-9-7-14(20)8-10-15/h2-3,5-10,13H,4,11-12H2,1H3,(H,21,23). The highest BCUT2D eigenvalue weighted by Gasteiger charge is 2.20. The van der Waals surface area contributed by atoms with Gasteiger partial charge in [-0.2, -0.15) is 0 Å². The lowest BCUT2D eigenvalue weighted by atomic mass is 10.2. The maximum Gasteiger partial charge on any atom is 0.420 e. The van der Waals surface area contributed by atoms with E-state index in [1.54, 1.807) is 55.1 Å². The Morgan fingerprint density at radius 3 is 2.73 bits per heavy atom. The van der Waals surface area contributed by atoms with E-state index < -0.39 is 11.8 Å². The number of carbonyl (C=O) groups is 1. The topological polar surface area (TPSA) is 64.2 Å². The molecule has 0 saturated carbocycles. The fourth-order valence-electron chi connectivity index (χ4n) is 2.62. The first-order chi connectivity index (χ1) is 12.6. The van der Waals surface area contributed by atoms with E-state index in [0.717, 1.165) is 17.1 Å². The van der Waals surface area contributed by atoms with Crippen LogP contribution >= 0.6 is 11.8 Å². The van der Waals surface area contributed by atoms with Crippen LogP contribution in [0.4, 0.5) is 4.39 Å². The molecule has 26 heavy (non-hydrogen) atoms. The average Bonchev–Trinajstić information content (AvgIpc) is 2.97. The molecule has 1 atom stereocenters. The van der Waals surface area contributed by atoms with Crippen LogP contribution in [0.5, 0.6) is 0 Å². The van der Waals surface area contributed by atoms with Crippen molar-refractivity contribution in [3.8, 4) is 0 Å². The van der Waals surface area contributed by atoms with Crippen molar-refractivity contribution in [1.29, 1.82) is 0 Å². The molecule has 1 amide bonds. The second kappa shape index (κ2) is 8.23. The zero-order valence-corrected chi connectivity index (χ0v) is 15.1. The highest BCUT2D eigenvalue weighted by Crippen LogP contribution is 2.19. The van der Waals surface area contributed by atoms with Crippen LogP contribution < -0.4 is 11.1 Å². The zero-order valence-electron chi connectivity index (χ0n) is 14.3. The monoisotopic (exact) mass is 374 g/mol. The number of benzene rings is 2. The SMILES string of the molecule is CC(C(=O)NCCCSc1ccc(F)cc1)n1c(=O)oc2ccccc21. The number of rotatable bonds is 7. The Morgan fingerprint density at radius 1 is 1.23 bits per heavy atom. The van der Waals surface area contributed by atoms with Crippen molar-refractivity contribution in [3.05, 3.63) is 64.9 Å². The maximum atomic E-state index is 12.8. The Bertz CT molecular complexity index is 949. The summed E-state index contributed by atoms with van der Waals surface area (Å²) >= 11 is 1.60. The maximum absolute atomic E-state index is 12.8. The van der Waals surface area contributed by atoms with Crippen molar-refractivity contribution in [2.75, 3.05) is 12.3 Å². The lowest BCUT2D eigenvalue weighted by Gasteiger charge is -2.13. The average molecular weight is 374 g/mol. The molecular formula is C19H19FN2O3S. The number of carbonyl (C=O) groups excluding carboxylic acids is 1. The zero-order chi connectivity index (χ0) is 18.5. The molecule has 1 heterocycles. The predicted octanol–water partition coefficient (Wildman–Crippen LogP) is 3.59. The van der Waals surface area contributed by atoms with Gasteiger partial charge in [-0.25, -0.2) is 9.18 Å². The lowest BCUT2D eigenvalue weighted by Crippen LogP contribution is -2.35. The van der Waals surface area contributed by atoms with Crippen LogP contribution in [0.3, 0.4) is 0 Å². The summed E-state index contributed by atoms with van der Waals surface area (Å²) < 4.78 is 19.4. The summed E-state index contributed by atoms with van der Waals surface area (Å²) in [5, 5.41) is 2.84. The van der Waals surface area contributed by atoms with Gasteiger partial charge in [0.25, 0.3) is 0 Å². The Labute approximate surface area is 154 Å². The van der Waals surface area contributed by atoms with Crippen molar-refractivity contribution in [3.63, 3.8) is 0 Å². The smallest absolute Gasteiger partial charge is 0.408 e. The van der Waals surface area contributed by atoms with Crippen molar-refractivity contribution in [2.24, 2.45) is 0 Å². The molecule has 2 aromatic carbocycles. The number of hydrogen-bond donors (Lipinski definition) is 1. The van der Waals surface area contributed by atoms with Gasteiger partial charge in [0.2, 0.25) is 5.91 Å². The molecule has 136 valence electrons. The van der Waals surface area contributed by atoms with Crippen molar-refractivity contribution in [2.45, 2.75) is 24.3 Å². The van der Waals surface area contributed by atoms with Gasteiger partial charge in [-0.05, 0) is 55.5 Å². The number of oxazole rings is 1. The quantitative estimate of drug-likeness (QED) is 0.507. The van der Waals surface area contributed by atoms with E-state index >= 15 is 0 Å². The van der Waals surface area contributed by atoms with Gasteiger partial charge >= 0.3 is 5.76 Å². The van der Waals surface area contributed by atoms with Crippen LogP contribution in [0.2, 0.25) is 0 Å². The third-order valence-electron chi connectivity index (χ3n) is 3.99. The first-order valence-corrected chi connectivity index (χ1v) is 9.31. The molecule has 0 aliphatic carbocycles. The van der Waals surface area contributed by atoms with Crippen LogP contribution in [0, 0.1) is 5.82 Å². The largest absolute Gasteiger partial charge is 0.420 e. The molecule has 0 fully saturated rings. The summed E-state index contributed by atoms with van der Waals surface area (Å²) in [6.45, 7) is 2.17. The Morgan fingerprint density at radius 2 is 1.96 bits per heavy atom. The normalized spacial score (nSPS) is 12.2. The second-order valence-electron chi connectivity index (χ2n) is 5.83. The van der Waals surface area contributed by atoms with E-state index in [1.807, 2.05) is 0 Å². The van der Waals surface area contributed by atoms with Gasteiger partial charge in [-0.3, -0.25) is 9.36 Å². The molecular weight excluding hydrogens is 355 g/mol. The van der Waals surface area contributed by atoms with Crippen LogP contribution in [0.1, 0.15) is 19.4 Å². The fourth-order valence-corrected chi connectivity index (χ4v) is 3.47. The number of fused-ring (bicyclic) bond motifs is 1. The predicted molar refractivity (Wildman–Crippen MR) is 99.9 cm³/mol. The molecule has 0 radical (unpaired) electrons. The molecule has 1 N–H and O–H groups in total. The number of hydrogen-bond acceptors (Lipinski definition) is 4. The third kappa shape index (κ3) is 4.16. The molecule has 7 heteroatoms. The summed E-state index contributed by atoms with van der Waals surface area (Å²) in [6, 6.07) is 12.7. The van der Waals surface area contributed by atoms with Gasteiger partial charge in [0.05, 0.1) is 5.52 Å². The first kappa shape index (κ1) is 18.3. The molecule has 3 rings (SSSR count). The summed E-state index contributed by atoms with van der Waals surface area (Å²) in [5.41, 5.74) is 1.07. The summed E-state index contributed by atoms with van der Waals surface area (Å²) in [7, 11) is 0. The Kier molecular flexibility index (Phi) is 5.78. The van der Waals surface area contributed by atoms with Gasteiger partial charge in [0.15, 0.2) is 5.58 Å². The van der Waals surface area contributed by atoms with E-state index in [4.69, 9.17) is 4.42 Å². The summed E-state index contributed by atoms with van der Waals surface area (Å²) in [5.74, 6) is -0.224. The molecule has 5 nitrogen and oxygen atoms in total. The van der Waals surface area contributed by atoms with E-state index in [1.165, 1.54) is 16.7 Å². The molecule has 0 aliphatic heterocycles. The number of aromatic nitrogens is 1. The van der Waals surface area contributed by atoms with E-state index in [0.29, 0.717) is 17.6 Å². The number of para-hydroxylation sites is 2. The minimum absolute atomic E-state index is 0.231. The number of nitrogens with zero attached hydrogens (tertiary/aromatic N) is 1. The lowest BCUT2D eigenvalue weighted by molar-refractivity contribution is -0.123. The summed E-state index contributed by atoms with van der Waals surface area (Å²) in [4.78, 5) is 25.4. The highest BCUT2D eigenvalue weighted by molar-refractivity contribution is 7.99. The van der Waals surface area contributed by atoms with Crippen LogP contribution in [0.15, 0.2) is 62.6 Å². The van der Waals surface area contributed by atoms with E-state index in [-0.39, 0.29) is 11.7 Å². The first-order valence-electron chi connectivity index (χ1n) is 8.32. The van der Waals surface area contributed by atoms with Gasteiger partial charge in [0.1, 0.15) is 11.9 Å². The van der Waals surface area contributed by atoms with Gasteiger partial charge in [-0.1, -0.05) is 12.1 Å². The molecule has 3 aromatic rings. The van der Waals surface area contributed by atoms with E-state index in [2.05, 4.69) is 5.32 Å². The molecule has 0 spiro atoms. The van der Waals surface area contributed by atoms with Gasteiger partial charge in [0, 0.05) is 11.4 Å². The molecule has 0 saturated heterocycles. The van der Waals surface area contributed by atoms with Crippen LogP contribution in [-0.4, -0.2) is 22.8 Å². The number of halogens is 1. The number of amides is 1. The molecule has 1 unspecified atom stereocenters. The fraction of sp³-hybridized carbons (Fsp3) is 0.263. The Balaban J connectivity index is 1.50. The second-order valence-corrected chi connectivity index (χ2v) is 7.00. The molecule has 1 aromatic heterocycles. The number of thioether (sulfide) groups is 1. The minimum Gasteiger partial charge on any atom is -0.408 e. The number of nitrogens with one attached hydrogen (secondary N) is 1.